The van der Waals surface area contributed by atoms with Gasteiger partial charge in [0.2, 0.25) is 17.7 Å². The quantitative estimate of drug-likeness (QED) is 0.0747. The van der Waals surface area contributed by atoms with Crippen molar-refractivity contribution in [2.24, 2.45) is 11.8 Å². The number of hydrogen-bond acceptors (Lipinski definition) is 8. The Morgan fingerprint density at radius 3 is 1.77 bits per heavy atom. The third-order valence-corrected chi connectivity index (χ3v) is 11.3. The average Bonchev–Trinajstić information content (AvgIpc) is 3.97. The minimum absolute atomic E-state index is 0.0160. The molecule has 5 rings (SSSR count). The second kappa shape index (κ2) is 21.4. The molecular formula is C47H64N5O8+. The minimum Gasteiger partial charge on any atom is -0.508 e. The van der Waals surface area contributed by atoms with Gasteiger partial charge in [0, 0.05) is 12.0 Å². The molecule has 2 fully saturated rings. The summed E-state index contributed by atoms with van der Waals surface area (Å²) in [6.07, 6.45) is 1.62. The van der Waals surface area contributed by atoms with E-state index < -0.39 is 47.5 Å². The first-order valence-corrected chi connectivity index (χ1v) is 21.3. The van der Waals surface area contributed by atoms with E-state index in [1.165, 1.54) is 0 Å². The van der Waals surface area contributed by atoms with Crippen LogP contribution in [0.5, 0.6) is 5.75 Å². The van der Waals surface area contributed by atoms with Crippen molar-refractivity contribution in [2.75, 3.05) is 39.5 Å². The molecule has 0 bridgehead atoms. The summed E-state index contributed by atoms with van der Waals surface area (Å²) in [6, 6.07) is 22.1. The molecule has 0 saturated carbocycles. The van der Waals surface area contributed by atoms with Gasteiger partial charge in [-0.05, 0) is 79.8 Å². The third kappa shape index (κ3) is 14.0. The lowest BCUT2D eigenvalue weighted by atomic mass is 9.93. The Morgan fingerprint density at radius 2 is 1.18 bits per heavy atom. The van der Waals surface area contributed by atoms with Crippen LogP contribution in [0, 0.1) is 11.8 Å². The van der Waals surface area contributed by atoms with Crippen LogP contribution in [0.4, 0.5) is 0 Å². The molecule has 0 aliphatic carbocycles. The van der Waals surface area contributed by atoms with Crippen LogP contribution in [0.2, 0.25) is 0 Å². The molecule has 60 heavy (non-hydrogen) atoms. The lowest BCUT2D eigenvalue weighted by Gasteiger charge is -2.41. The largest absolute Gasteiger partial charge is 0.508 e. The number of epoxide rings is 1. The summed E-state index contributed by atoms with van der Waals surface area (Å²) in [4.78, 5) is 70.2. The number of phenols is 1. The number of quaternary nitrogens is 1. The zero-order chi connectivity index (χ0) is 43.3. The molecular weight excluding hydrogens is 763 g/mol. The van der Waals surface area contributed by atoms with E-state index in [1.807, 2.05) is 100 Å². The first-order valence-electron chi connectivity index (χ1n) is 21.3. The number of carbonyl (C=O) groups is 5. The number of benzene rings is 3. The standard InChI is InChI=1S/C47H63N5O8/c1-32(2)26-39(43(55)47(5)31-60-47)49-46(58)41(28-35-14-10-7-11-15-35)51-45(57)40(27-33(3)4)50-44(56)38(21-18-34-12-8-6-9-13-34)48-42(54)30-52(22-24-59-25-23-52)29-36-16-19-37(53)20-17-36/h6-17,19-20,32-33,38-41H,18,21-31H2,1-5H3,(H4-,48,49,50,51,53,54,56,57,58)/p+1/t38-,39-,40-,41-,47+/m0/s1. The summed E-state index contributed by atoms with van der Waals surface area (Å²) in [5.41, 5.74) is 1.83. The zero-order valence-electron chi connectivity index (χ0n) is 35.8. The van der Waals surface area contributed by atoms with Crippen LogP contribution in [0.25, 0.3) is 0 Å². The van der Waals surface area contributed by atoms with Crippen molar-refractivity contribution in [3.8, 4) is 5.75 Å². The van der Waals surface area contributed by atoms with E-state index in [2.05, 4.69) is 21.3 Å². The fourth-order valence-electron chi connectivity index (χ4n) is 7.76. The Bertz CT molecular complexity index is 1880. The molecule has 13 heteroatoms. The predicted octanol–water partition coefficient (Wildman–Crippen LogP) is 4.00. The van der Waals surface area contributed by atoms with E-state index in [0.717, 1.165) is 16.7 Å². The molecule has 0 aromatic heterocycles. The Balaban J connectivity index is 1.34. The van der Waals surface area contributed by atoms with Crippen molar-refractivity contribution >= 4 is 29.4 Å². The lowest BCUT2D eigenvalue weighted by molar-refractivity contribution is -0.940. The van der Waals surface area contributed by atoms with Gasteiger partial charge in [-0.1, -0.05) is 88.4 Å². The molecule has 2 aliphatic heterocycles. The number of nitrogens with one attached hydrogen (secondary N) is 4. The lowest BCUT2D eigenvalue weighted by Crippen LogP contribution is -2.61. The monoisotopic (exact) mass is 826 g/mol. The van der Waals surface area contributed by atoms with Crippen LogP contribution in [0.1, 0.15) is 70.6 Å². The van der Waals surface area contributed by atoms with Crippen LogP contribution in [0.3, 0.4) is 0 Å². The number of morpholine rings is 1. The number of phenolic OH excluding ortho intramolecular Hbond substituents is 1. The maximum Gasteiger partial charge on any atom is 0.275 e. The molecule has 13 nitrogen and oxygen atoms in total. The van der Waals surface area contributed by atoms with E-state index in [4.69, 9.17) is 9.47 Å². The fourth-order valence-corrected chi connectivity index (χ4v) is 7.76. The topological polar surface area (TPSA) is 175 Å². The Hall–Kier alpha value is -5.11. The molecule has 324 valence electrons. The highest BCUT2D eigenvalue weighted by molar-refractivity contribution is 5.98. The van der Waals surface area contributed by atoms with Crippen LogP contribution < -0.4 is 21.3 Å². The average molecular weight is 827 g/mol. The van der Waals surface area contributed by atoms with Gasteiger partial charge >= 0.3 is 0 Å². The van der Waals surface area contributed by atoms with Crippen molar-refractivity contribution in [1.82, 2.24) is 21.3 Å². The molecule has 3 aromatic carbocycles. The number of nitrogens with zero attached hydrogens (tertiary/aromatic N) is 1. The van der Waals surface area contributed by atoms with E-state index in [0.29, 0.717) is 56.8 Å². The summed E-state index contributed by atoms with van der Waals surface area (Å²) < 4.78 is 11.5. The van der Waals surface area contributed by atoms with Gasteiger partial charge in [0.05, 0.1) is 25.9 Å². The molecule has 0 radical (unpaired) electrons. The van der Waals surface area contributed by atoms with Crippen LogP contribution >= 0.6 is 0 Å². The number of Topliss-reactive ketones (excluding diaryl/α,β-unsaturated/α-hetero) is 1. The highest BCUT2D eigenvalue weighted by atomic mass is 16.6. The van der Waals surface area contributed by atoms with Crippen molar-refractivity contribution < 1.29 is 43.0 Å². The van der Waals surface area contributed by atoms with Gasteiger partial charge in [-0.15, -0.1) is 0 Å². The Kier molecular flexibility index (Phi) is 16.4. The number of aromatic hydroxyl groups is 1. The number of hydrogen-bond donors (Lipinski definition) is 5. The van der Waals surface area contributed by atoms with E-state index in [9.17, 15) is 29.1 Å². The van der Waals surface area contributed by atoms with Gasteiger partial charge < -0.3 is 40.3 Å². The zero-order valence-corrected chi connectivity index (χ0v) is 35.8. The van der Waals surface area contributed by atoms with Crippen molar-refractivity contribution in [1.29, 1.82) is 0 Å². The summed E-state index contributed by atoms with van der Waals surface area (Å²) in [6.45, 7) is 12.7. The van der Waals surface area contributed by atoms with Gasteiger partial charge in [0.1, 0.15) is 49.1 Å². The highest BCUT2D eigenvalue weighted by Crippen LogP contribution is 2.30. The van der Waals surface area contributed by atoms with Crippen molar-refractivity contribution in [2.45, 2.75) is 103 Å². The van der Waals surface area contributed by atoms with Crippen molar-refractivity contribution in [3.63, 3.8) is 0 Å². The number of ketones is 1. The molecule has 0 unspecified atom stereocenters. The smallest absolute Gasteiger partial charge is 0.275 e. The van der Waals surface area contributed by atoms with Gasteiger partial charge in [0.15, 0.2) is 12.3 Å². The van der Waals surface area contributed by atoms with Crippen LogP contribution in [0.15, 0.2) is 84.9 Å². The van der Waals surface area contributed by atoms with Crippen LogP contribution in [-0.2, 0) is 52.8 Å². The van der Waals surface area contributed by atoms with Gasteiger partial charge in [0.25, 0.3) is 5.91 Å². The first-order chi connectivity index (χ1) is 28.6. The molecule has 4 amide bonds. The first kappa shape index (κ1) is 46.0. The minimum atomic E-state index is -1.06. The van der Waals surface area contributed by atoms with Gasteiger partial charge in [-0.2, -0.15) is 0 Å². The van der Waals surface area contributed by atoms with E-state index in [1.54, 1.807) is 19.1 Å². The summed E-state index contributed by atoms with van der Waals surface area (Å²) in [7, 11) is 0. The molecule has 3 aromatic rings. The maximum atomic E-state index is 14.3. The fraction of sp³-hybridized carbons (Fsp3) is 0.511. The second-order valence-corrected chi connectivity index (χ2v) is 17.5. The summed E-state index contributed by atoms with van der Waals surface area (Å²) >= 11 is 0. The number of carbonyl (C=O) groups excluding carboxylic acids is 5. The maximum absolute atomic E-state index is 14.3. The van der Waals surface area contributed by atoms with Crippen molar-refractivity contribution in [3.05, 3.63) is 102 Å². The predicted molar refractivity (Wildman–Crippen MR) is 228 cm³/mol. The van der Waals surface area contributed by atoms with Gasteiger partial charge in [-0.25, -0.2) is 0 Å². The Labute approximate surface area is 354 Å². The number of ether oxygens (including phenoxy) is 2. The van der Waals surface area contributed by atoms with E-state index >= 15 is 0 Å². The normalized spacial score (nSPS) is 19.1. The number of aryl methyl sites for hydroxylation is 1. The summed E-state index contributed by atoms with van der Waals surface area (Å²) in [5.74, 6) is -1.81. The molecule has 2 heterocycles. The van der Waals surface area contributed by atoms with E-state index in [-0.39, 0.29) is 55.1 Å². The second-order valence-electron chi connectivity index (χ2n) is 17.5. The third-order valence-electron chi connectivity index (χ3n) is 11.3. The Morgan fingerprint density at radius 1 is 0.667 bits per heavy atom. The van der Waals surface area contributed by atoms with Gasteiger partial charge in [-0.3, -0.25) is 24.0 Å². The molecule has 0 spiro atoms. The number of amides is 4. The SMILES string of the molecule is CC(C)C[C@H](NC(=O)[C@H](CCc1ccccc1)NC(=O)C[N+]1(Cc2ccc(O)cc2)CCOCC1)C(=O)N[C@@H](Cc1ccccc1)C(=O)N[C@@H](CC(C)C)C(=O)[C@@]1(C)CO1. The molecule has 5 N–H and O–H groups in total. The number of rotatable bonds is 22. The summed E-state index contributed by atoms with van der Waals surface area (Å²) in [5, 5.41) is 21.7. The highest BCUT2D eigenvalue weighted by Gasteiger charge is 2.50. The molecule has 2 saturated heterocycles. The molecule has 5 atom stereocenters. The van der Waals surface area contributed by atoms with Crippen LogP contribution in [-0.4, -0.2) is 108 Å². The molecule has 2 aliphatic rings.